The van der Waals surface area contributed by atoms with Crippen LogP contribution in [-0.4, -0.2) is 11.1 Å². The van der Waals surface area contributed by atoms with Crippen LogP contribution in [0.2, 0.25) is 0 Å². The van der Waals surface area contributed by atoms with E-state index in [1.165, 1.54) is 6.07 Å². The van der Waals surface area contributed by atoms with Crippen LogP contribution in [-0.2, 0) is 13.2 Å². The zero-order valence-corrected chi connectivity index (χ0v) is 11.7. The Labute approximate surface area is 123 Å². The summed E-state index contributed by atoms with van der Waals surface area (Å²) in [5, 5.41) is 12.5. The zero-order chi connectivity index (χ0) is 14.7. The summed E-state index contributed by atoms with van der Waals surface area (Å²) in [7, 11) is 0. The van der Waals surface area contributed by atoms with Crippen LogP contribution in [0.15, 0.2) is 42.5 Å². The number of benzene rings is 2. The minimum absolute atomic E-state index is 0.0452. The number of nitrogens with one attached hydrogen (secondary N) is 1. The van der Waals surface area contributed by atoms with Gasteiger partial charge < -0.3 is 15.2 Å². The van der Waals surface area contributed by atoms with Crippen LogP contribution < -0.4 is 10.1 Å². The Hall–Kier alpha value is -1.91. The molecule has 0 aliphatic heterocycles. The molecule has 0 heterocycles. The van der Waals surface area contributed by atoms with Crippen molar-refractivity contribution in [1.82, 2.24) is 5.32 Å². The lowest BCUT2D eigenvalue weighted by Gasteiger charge is -2.13. The monoisotopic (exact) mass is 287 g/mol. The molecular formula is C17H18FNO2. The molecule has 1 aliphatic carbocycles. The maximum absolute atomic E-state index is 14.0. The van der Waals surface area contributed by atoms with E-state index in [0.717, 1.165) is 18.4 Å². The third-order valence-electron chi connectivity index (χ3n) is 3.53. The highest BCUT2D eigenvalue weighted by molar-refractivity contribution is 5.39. The molecule has 0 unspecified atom stereocenters. The second-order valence-electron chi connectivity index (χ2n) is 5.28. The van der Waals surface area contributed by atoms with E-state index in [9.17, 15) is 4.39 Å². The van der Waals surface area contributed by atoms with Gasteiger partial charge in [0.05, 0.1) is 6.61 Å². The molecule has 1 saturated carbocycles. The Morgan fingerprint density at radius 2 is 2.00 bits per heavy atom. The van der Waals surface area contributed by atoms with Gasteiger partial charge in [-0.25, -0.2) is 4.39 Å². The van der Waals surface area contributed by atoms with Crippen molar-refractivity contribution in [1.29, 1.82) is 0 Å². The number of aliphatic hydroxyl groups is 1. The molecule has 0 aromatic heterocycles. The Morgan fingerprint density at radius 3 is 2.76 bits per heavy atom. The first-order valence-corrected chi connectivity index (χ1v) is 7.14. The number of aliphatic hydroxyl groups excluding tert-OH is 1. The molecule has 0 spiro atoms. The smallest absolute Gasteiger partial charge is 0.134 e. The third kappa shape index (κ3) is 3.60. The molecule has 0 atom stereocenters. The van der Waals surface area contributed by atoms with Crippen LogP contribution >= 0.6 is 0 Å². The van der Waals surface area contributed by atoms with Crippen LogP contribution in [0.3, 0.4) is 0 Å². The average Bonchev–Trinajstić information content (AvgIpc) is 3.31. The quantitative estimate of drug-likeness (QED) is 0.856. The number of ether oxygens (including phenoxy) is 1. The van der Waals surface area contributed by atoms with Crippen LogP contribution in [0.1, 0.15) is 24.0 Å². The van der Waals surface area contributed by atoms with Gasteiger partial charge in [-0.1, -0.05) is 18.2 Å². The van der Waals surface area contributed by atoms with Crippen molar-refractivity contribution in [3.05, 3.63) is 59.4 Å². The van der Waals surface area contributed by atoms with E-state index in [4.69, 9.17) is 9.84 Å². The molecule has 1 aliphatic rings. The largest absolute Gasteiger partial charge is 0.457 e. The van der Waals surface area contributed by atoms with Crippen LogP contribution in [0, 0.1) is 5.82 Å². The molecule has 3 nitrogen and oxygen atoms in total. The van der Waals surface area contributed by atoms with Gasteiger partial charge >= 0.3 is 0 Å². The van der Waals surface area contributed by atoms with E-state index in [1.807, 2.05) is 12.1 Å². The molecule has 0 radical (unpaired) electrons. The fourth-order valence-electron chi connectivity index (χ4n) is 2.17. The molecule has 0 bridgehead atoms. The Morgan fingerprint density at radius 1 is 1.19 bits per heavy atom. The summed E-state index contributed by atoms with van der Waals surface area (Å²) < 4.78 is 19.8. The number of rotatable bonds is 6. The Bertz CT molecular complexity index is 626. The summed E-state index contributed by atoms with van der Waals surface area (Å²) in [6.07, 6.45) is 2.31. The summed E-state index contributed by atoms with van der Waals surface area (Å²) in [6, 6.07) is 12.5. The summed E-state index contributed by atoms with van der Waals surface area (Å²) in [4.78, 5) is 0. The van der Waals surface area contributed by atoms with Crippen molar-refractivity contribution in [2.24, 2.45) is 0 Å². The lowest BCUT2D eigenvalue weighted by atomic mass is 10.1. The molecule has 21 heavy (non-hydrogen) atoms. The average molecular weight is 287 g/mol. The van der Waals surface area contributed by atoms with E-state index < -0.39 is 0 Å². The molecule has 1 fully saturated rings. The van der Waals surface area contributed by atoms with Gasteiger partial charge in [0.1, 0.15) is 17.3 Å². The lowest BCUT2D eigenvalue weighted by molar-refractivity contribution is 0.281. The lowest BCUT2D eigenvalue weighted by Crippen LogP contribution is -2.16. The minimum Gasteiger partial charge on any atom is -0.457 e. The van der Waals surface area contributed by atoms with Crippen molar-refractivity contribution in [3.8, 4) is 11.5 Å². The van der Waals surface area contributed by atoms with E-state index in [1.54, 1.807) is 24.3 Å². The summed E-state index contributed by atoms with van der Waals surface area (Å²) in [5.41, 5.74) is 1.31. The molecular weight excluding hydrogens is 269 g/mol. The molecule has 2 aromatic carbocycles. The van der Waals surface area contributed by atoms with Gasteiger partial charge in [-0.15, -0.1) is 0 Å². The highest BCUT2D eigenvalue weighted by Gasteiger charge is 2.21. The van der Waals surface area contributed by atoms with Crippen molar-refractivity contribution >= 4 is 0 Å². The molecule has 4 heteroatoms. The van der Waals surface area contributed by atoms with E-state index >= 15 is 0 Å². The summed E-state index contributed by atoms with van der Waals surface area (Å²) >= 11 is 0. The van der Waals surface area contributed by atoms with Crippen molar-refractivity contribution in [3.63, 3.8) is 0 Å². The molecule has 2 aromatic rings. The van der Waals surface area contributed by atoms with Gasteiger partial charge in [0.25, 0.3) is 0 Å². The fourth-order valence-corrected chi connectivity index (χ4v) is 2.17. The van der Waals surface area contributed by atoms with Crippen molar-refractivity contribution < 1.29 is 14.2 Å². The number of hydrogen-bond donors (Lipinski definition) is 2. The highest BCUT2D eigenvalue weighted by Crippen LogP contribution is 2.29. The van der Waals surface area contributed by atoms with Crippen molar-refractivity contribution in [2.75, 3.05) is 0 Å². The predicted molar refractivity (Wildman–Crippen MR) is 78.7 cm³/mol. The SMILES string of the molecule is OCc1cccc(Oc2cccc(F)c2CNC2CC2)c1. The van der Waals surface area contributed by atoms with E-state index in [-0.39, 0.29) is 12.4 Å². The molecule has 3 rings (SSSR count). The van der Waals surface area contributed by atoms with Gasteiger partial charge in [0.2, 0.25) is 0 Å². The Kier molecular flexibility index (Phi) is 4.18. The summed E-state index contributed by atoms with van der Waals surface area (Å²) in [6.45, 7) is 0.419. The number of halogens is 1. The number of hydrogen-bond acceptors (Lipinski definition) is 3. The predicted octanol–water partition coefficient (Wildman–Crippen LogP) is 3.36. The molecule has 0 saturated heterocycles. The van der Waals surface area contributed by atoms with E-state index in [0.29, 0.717) is 29.6 Å². The minimum atomic E-state index is -0.265. The Balaban J connectivity index is 1.81. The highest BCUT2D eigenvalue weighted by atomic mass is 19.1. The van der Waals surface area contributed by atoms with Crippen LogP contribution in [0.4, 0.5) is 4.39 Å². The first-order chi connectivity index (χ1) is 10.3. The third-order valence-corrected chi connectivity index (χ3v) is 3.53. The van der Waals surface area contributed by atoms with E-state index in [2.05, 4.69) is 5.32 Å². The van der Waals surface area contributed by atoms with Crippen LogP contribution in [0.5, 0.6) is 11.5 Å². The first-order valence-electron chi connectivity index (χ1n) is 7.14. The summed E-state index contributed by atoms with van der Waals surface area (Å²) in [5.74, 6) is 0.844. The first kappa shape index (κ1) is 14.0. The second kappa shape index (κ2) is 6.24. The maximum Gasteiger partial charge on any atom is 0.134 e. The molecule has 0 amide bonds. The van der Waals surface area contributed by atoms with Gasteiger partial charge in [-0.3, -0.25) is 0 Å². The van der Waals surface area contributed by atoms with Gasteiger partial charge in [0, 0.05) is 18.2 Å². The molecule has 2 N–H and O–H groups in total. The van der Waals surface area contributed by atoms with Crippen molar-refractivity contribution in [2.45, 2.75) is 32.0 Å². The molecule has 110 valence electrons. The standard InChI is InChI=1S/C17H18FNO2/c18-16-5-2-6-17(15(16)10-19-13-7-8-13)21-14-4-1-3-12(9-14)11-20/h1-6,9,13,19-20H,7-8,10-11H2. The second-order valence-corrected chi connectivity index (χ2v) is 5.28. The normalized spacial score (nSPS) is 14.2. The fraction of sp³-hybridized carbons (Fsp3) is 0.294. The topological polar surface area (TPSA) is 41.5 Å². The maximum atomic E-state index is 14.0. The van der Waals surface area contributed by atoms with Gasteiger partial charge in [-0.05, 0) is 42.7 Å². The van der Waals surface area contributed by atoms with Gasteiger partial charge in [0.15, 0.2) is 0 Å². The van der Waals surface area contributed by atoms with Crippen LogP contribution in [0.25, 0.3) is 0 Å². The van der Waals surface area contributed by atoms with Gasteiger partial charge in [-0.2, -0.15) is 0 Å². The zero-order valence-electron chi connectivity index (χ0n) is 11.7.